The molecule has 1 atom stereocenters. The average molecular weight is 453 g/mol. The third-order valence-electron chi connectivity index (χ3n) is 5.69. The topological polar surface area (TPSA) is 77.1 Å². The Morgan fingerprint density at radius 3 is 2.34 bits per heavy atom. The molecule has 0 bridgehead atoms. The summed E-state index contributed by atoms with van der Waals surface area (Å²) in [5, 5.41) is 0. The predicted octanol–water partition coefficient (Wildman–Crippen LogP) is 3.93. The molecule has 1 saturated heterocycles. The molecule has 32 heavy (non-hydrogen) atoms. The zero-order chi connectivity index (χ0) is 22.0. The van der Waals surface area contributed by atoms with Crippen molar-refractivity contribution in [2.45, 2.75) is 17.4 Å². The Kier molecular flexibility index (Phi) is 5.73. The minimum Gasteiger partial charge on any atom is -0.457 e. The molecule has 1 N–H and O–H groups in total. The zero-order valence-electron chi connectivity index (χ0n) is 17.4. The quantitative estimate of drug-likeness (QED) is 0.558. The fraction of sp³-hybridized carbons (Fsp3) is 0.250. The van der Waals surface area contributed by atoms with Crippen LogP contribution in [0.15, 0.2) is 77.7 Å². The number of nitrogens with one attached hydrogen (secondary N) is 1. The second kappa shape index (κ2) is 8.82. The number of ether oxygens (including phenoxy) is 3. The summed E-state index contributed by atoms with van der Waals surface area (Å²) < 4.78 is 45.3. The molecule has 1 fully saturated rings. The summed E-state index contributed by atoms with van der Waals surface area (Å²) in [5.41, 5.74) is 1.00. The molecule has 0 radical (unpaired) electrons. The van der Waals surface area contributed by atoms with E-state index in [0.29, 0.717) is 17.2 Å². The molecular formula is C24H24N2O5S. The van der Waals surface area contributed by atoms with Crippen molar-refractivity contribution in [2.75, 3.05) is 26.4 Å². The van der Waals surface area contributed by atoms with Gasteiger partial charge in [-0.05, 0) is 60.5 Å². The minimum absolute atomic E-state index is 0.0753. The number of hydrogen-bond donors (Lipinski definition) is 1. The van der Waals surface area contributed by atoms with E-state index in [2.05, 4.69) is 9.62 Å². The largest absolute Gasteiger partial charge is 0.457 e. The molecule has 0 aliphatic carbocycles. The number of likely N-dealkylation sites (tertiary alicyclic amines) is 1. The molecule has 0 spiro atoms. The van der Waals surface area contributed by atoms with Crippen LogP contribution in [0.4, 0.5) is 0 Å². The first-order valence-corrected chi connectivity index (χ1v) is 12.0. The third kappa shape index (κ3) is 4.43. The van der Waals surface area contributed by atoms with Crippen LogP contribution in [0.2, 0.25) is 0 Å². The summed E-state index contributed by atoms with van der Waals surface area (Å²) in [6, 6.07) is 21.5. The summed E-state index contributed by atoms with van der Waals surface area (Å²) in [5.74, 6) is 2.69. The fourth-order valence-corrected chi connectivity index (χ4v) is 4.85. The van der Waals surface area contributed by atoms with Crippen molar-refractivity contribution in [3.63, 3.8) is 0 Å². The van der Waals surface area contributed by atoms with Gasteiger partial charge in [0.2, 0.25) is 16.8 Å². The lowest BCUT2D eigenvalue weighted by Crippen LogP contribution is -2.45. The molecule has 0 amide bonds. The van der Waals surface area contributed by atoms with Crippen LogP contribution < -0.4 is 18.9 Å². The lowest BCUT2D eigenvalue weighted by molar-refractivity contribution is 0.119. The maximum absolute atomic E-state index is 12.9. The van der Waals surface area contributed by atoms with E-state index in [1.807, 2.05) is 48.5 Å². The van der Waals surface area contributed by atoms with Crippen LogP contribution in [0.5, 0.6) is 23.0 Å². The van der Waals surface area contributed by atoms with Crippen molar-refractivity contribution in [2.24, 2.45) is 0 Å². The molecule has 5 rings (SSSR count). The number of hydrogen-bond acceptors (Lipinski definition) is 6. The first kappa shape index (κ1) is 20.8. The molecule has 2 heterocycles. The van der Waals surface area contributed by atoms with Gasteiger partial charge in [0.25, 0.3) is 0 Å². The van der Waals surface area contributed by atoms with Gasteiger partial charge in [0.1, 0.15) is 11.5 Å². The predicted molar refractivity (Wildman–Crippen MR) is 120 cm³/mol. The molecule has 0 aromatic heterocycles. The van der Waals surface area contributed by atoms with Crippen molar-refractivity contribution in [1.29, 1.82) is 0 Å². The summed E-state index contributed by atoms with van der Waals surface area (Å²) in [7, 11) is -3.67. The van der Waals surface area contributed by atoms with Crippen molar-refractivity contribution in [3.8, 4) is 23.0 Å². The molecule has 2 aliphatic heterocycles. The lowest BCUT2D eigenvalue weighted by atomic mass is 10.0. The summed E-state index contributed by atoms with van der Waals surface area (Å²) in [6.45, 7) is 2.35. The monoisotopic (exact) mass is 452 g/mol. The van der Waals surface area contributed by atoms with Crippen molar-refractivity contribution >= 4 is 10.0 Å². The van der Waals surface area contributed by atoms with Gasteiger partial charge in [-0.15, -0.1) is 0 Å². The molecule has 1 unspecified atom stereocenters. The molecule has 3 aromatic carbocycles. The second-order valence-electron chi connectivity index (χ2n) is 7.76. The number of rotatable bonds is 8. The van der Waals surface area contributed by atoms with E-state index in [1.165, 1.54) is 0 Å². The molecular weight excluding hydrogens is 428 g/mol. The molecule has 166 valence electrons. The number of benzene rings is 3. The molecule has 2 aliphatic rings. The highest BCUT2D eigenvalue weighted by molar-refractivity contribution is 7.89. The third-order valence-corrected chi connectivity index (χ3v) is 7.13. The van der Waals surface area contributed by atoms with E-state index in [9.17, 15) is 8.42 Å². The van der Waals surface area contributed by atoms with E-state index in [4.69, 9.17) is 14.2 Å². The maximum atomic E-state index is 12.9. The van der Waals surface area contributed by atoms with Gasteiger partial charge in [0.05, 0.1) is 4.90 Å². The van der Waals surface area contributed by atoms with Gasteiger partial charge in [0.15, 0.2) is 11.5 Å². The SMILES string of the molecule is O=S(=O)(NCC(c1ccc2c(c1)OCO2)N1CCC1)c1ccc(Oc2ccccc2)cc1. The molecule has 8 heteroatoms. The Hall–Kier alpha value is -3.07. The Labute approximate surface area is 187 Å². The zero-order valence-corrected chi connectivity index (χ0v) is 18.3. The van der Waals surface area contributed by atoms with E-state index in [0.717, 1.165) is 30.8 Å². The first-order chi connectivity index (χ1) is 15.6. The lowest BCUT2D eigenvalue weighted by Gasteiger charge is -2.38. The van der Waals surface area contributed by atoms with Gasteiger partial charge in [-0.2, -0.15) is 0 Å². The molecule has 7 nitrogen and oxygen atoms in total. The number of nitrogens with zero attached hydrogens (tertiary/aromatic N) is 1. The average Bonchev–Trinajstić information content (AvgIpc) is 3.24. The summed E-state index contributed by atoms with van der Waals surface area (Å²) in [4.78, 5) is 2.46. The Morgan fingerprint density at radius 1 is 0.906 bits per heavy atom. The highest BCUT2D eigenvalue weighted by atomic mass is 32.2. The molecule has 0 saturated carbocycles. The Bertz CT molecular complexity index is 1180. The highest BCUT2D eigenvalue weighted by Crippen LogP contribution is 2.36. The van der Waals surface area contributed by atoms with Crippen LogP contribution in [0.25, 0.3) is 0 Å². The first-order valence-electron chi connectivity index (χ1n) is 10.5. The van der Waals surface area contributed by atoms with Gasteiger partial charge in [-0.1, -0.05) is 24.3 Å². The van der Waals surface area contributed by atoms with Crippen LogP contribution in [0, 0.1) is 0 Å². The fourth-order valence-electron chi connectivity index (χ4n) is 3.81. The van der Waals surface area contributed by atoms with Crippen LogP contribution >= 0.6 is 0 Å². The van der Waals surface area contributed by atoms with Crippen LogP contribution in [-0.2, 0) is 10.0 Å². The second-order valence-corrected chi connectivity index (χ2v) is 9.52. The van der Waals surface area contributed by atoms with Crippen molar-refractivity contribution in [1.82, 2.24) is 9.62 Å². The van der Waals surface area contributed by atoms with Gasteiger partial charge >= 0.3 is 0 Å². The van der Waals surface area contributed by atoms with E-state index < -0.39 is 10.0 Å². The van der Waals surface area contributed by atoms with E-state index >= 15 is 0 Å². The Balaban J connectivity index is 1.28. The van der Waals surface area contributed by atoms with Gasteiger partial charge in [0, 0.05) is 25.7 Å². The van der Waals surface area contributed by atoms with Gasteiger partial charge in [-0.3, -0.25) is 4.90 Å². The van der Waals surface area contributed by atoms with Crippen molar-refractivity contribution in [3.05, 3.63) is 78.4 Å². The van der Waals surface area contributed by atoms with Crippen molar-refractivity contribution < 1.29 is 22.6 Å². The minimum atomic E-state index is -3.67. The number of para-hydroxylation sites is 1. The number of fused-ring (bicyclic) bond motifs is 1. The van der Waals surface area contributed by atoms with E-state index in [-0.39, 0.29) is 24.3 Å². The van der Waals surface area contributed by atoms with E-state index in [1.54, 1.807) is 24.3 Å². The smallest absolute Gasteiger partial charge is 0.240 e. The molecule has 3 aromatic rings. The number of sulfonamides is 1. The van der Waals surface area contributed by atoms with Gasteiger partial charge in [-0.25, -0.2) is 13.1 Å². The standard InChI is InChI=1S/C24H24N2O5S/c27-32(28,21-10-8-20(9-11-21)31-19-5-2-1-3-6-19)25-16-22(26-13-4-14-26)18-7-12-23-24(15-18)30-17-29-23/h1-3,5-12,15,22,25H,4,13-14,16-17H2. The summed E-state index contributed by atoms with van der Waals surface area (Å²) in [6.07, 6.45) is 1.11. The van der Waals surface area contributed by atoms with Gasteiger partial charge < -0.3 is 14.2 Å². The summed E-state index contributed by atoms with van der Waals surface area (Å²) >= 11 is 0. The highest BCUT2D eigenvalue weighted by Gasteiger charge is 2.28. The Morgan fingerprint density at radius 2 is 1.62 bits per heavy atom. The van der Waals surface area contributed by atoms with Crippen LogP contribution in [0.3, 0.4) is 0 Å². The maximum Gasteiger partial charge on any atom is 0.240 e. The van der Waals surface area contributed by atoms with Crippen LogP contribution in [-0.4, -0.2) is 39.7 Å². The van der Waals surface area contributed by atoms with Crippen LogP contribution in [0.1, 0.15) is 18.0 Å². The normalized spacial score (nSPS) is 16.4.